The molecule has 0 bridgehead atoms. The lowest BCUT2D eigenvalue weighted by Gasteiger charge is -2.19. The molecule has 0 saturated carbocycles. The van der Waals surface area contributed by atoms with E-state index in [2.05, 4.69) is 9.46 Å². The van der Waals surface area contributed by atoms with Gasteiger partial charge >= 0.3 is 5.97 Å². The normalized spacial score (nSPS) is 11.7. The number of carbonyl (C=O) groups is 1. The summed E-state index contributed by atoms with van der Waals surface area (Å²) >= 11 is 0. The van der Waals surface area contributed by atoms with Crippen molar-refractivity contribution in [2.45, 2.75) is 20.3 Å². The van der Waals surface area contributed by atoms with Crippen LogP contribution in [-0.2, 0) is 19.7 Å². The van der Waals surface area contributed by atoms with Gasteiger partial charge in [-0.3, -0.25) is 4.79 Å². The summed E-state index contributed by atoms with van der Waals surface area (Å²) in [6.45, 7) is 3.81. The van der Waals surface area contributed by atoms with Crippen LogP contribution in [0.2, 0.25) is 0 Å². The molecule has 0 heterocycles. The maximum atomic E-state index is 11.4. The van der Waals surface area contributed by atoms with Crippen molar-refractivity contribution in [3.63, 3.8) is 0 Å². The first kappa shape index (κ1) is 14.3. The van der Waals surface area contributed by atoms with Crippen molar-refractivity contribution in [3.8, 4) is 0 Å². The second kappa shape index (κ2) is 6.76. The third kappa shape index (κ3) is 5.10. The summed E-state index contributed by atoms with van der Waals surface area (Å²) in [5.41, 5.74) is 0. The lowest BCUT2D eigenvalue weighted by atomic mass is 10.5. The molecule has 0 spiro atoms. The van der Waals surface area contributed by atoms with Crippen molar-refractivity contribution >= 4 is 16.2 Å². The summed E-state index contributed by atoms with van der Waals surface area (Å²) in [4.78, 5) is 11.1. The van der Waals surface area contributed by atoms with Gasteiger partial charge < -0.3 is 4.74 Å². The van der Waals surface area contributed by atoms with Gasteiger partial charge in [0.1, 0.15) is 6.54 Å². The SMILES string of the molecule is CCCN(CC(=O)OCC)S(=O)(=O)NC. The van der Waals surface area contributed by atoms with E-state index in [0.29, 0.717) is 13.0 Å². The highest BCUT2D eigenvalue weighted by Crippen LogP contribution is 1.99. The van der Waals surface area contributed by atoms with Crippen molar-refractivity contribution in [1.82, 2.24) is 9.03 Å². The highest BCUT2D eigenvalue weighted by molar-refractivity contribution is 7.87. The third-order valence-electron chi connectivity index (χ3n) is 1.68. The molecule has 0 fully saturated rings. The minimum absolute atomic E-state index is 0.245. The van der Waals surface area contributed by atoms with E-state index in [0.717, 1.165) is 4.31 Å². The van der Waals surface area contributed by atoms with E-state index in [4.69, 9.17) is 0 Å². The molecule has 0 aromatic rings. The topological polar surface area (TPSA) is 75.7 Å². The van der Waals surface area contributed by atoms with E-state index in [1.54, 1.807) is 6.92 Å². The Labute approximate surface area is 90.8 Å². The van der Waals surface area contributed by atoms with Crippen LogP contribution in [0.15, 0.2) is 0 Å². The van der Waals surface area contributed by atoms with Gasteiger partial charge in [-0.1, -0.05) is 6.92 Å². The standard InChI is InChI=1S/C8H18N2O4S/c1-4-6-10(15(12,13)9-3)7-8(11)14-5-2/h9H,4-7H2,1-3H3. The molecule has 6 nitrogen and oxygen atoms in total. The molecular weight excluding hydrogens is 220 g/mol. The maximum absolute atomic E-state index is 11.4. The molecule has 1 N–H and O–H groups in total. The van der Waals surface area contributed by atoms with Gasteiger partial charge in [-0.05, 0) is 13.3 Å². The first-order chi connectivity index (χ1) is 6.97. The van der Waals surface area contributed by atoms with Gasteiger partial charge in [-0.2, -0.15) is 12.7 Å². The highest BCUT2D eigenvalue weighted by Gasteiger charge is 2.22. The molecule has 0 unspecified atom stereocenters. The van der Waals surface area contributed by atoms with Crippen LogP contribution in [0.4, 0.5) is 0 Å². The number of ether oxygens (including phenoxy) is 1. The summed E-state index contributed by atoms with van der Waals surface area (Å²) < 4.78 is 30.8. The molecule has 0 aliphatic carbocycles. The predicted octanol–water partition coefficient (Wildman–Crippen LogP) is -0.274. The Morgan fingerprint density at radius 1 is 1.40 bits per heavy atom. The van der Waals surface area contributed by atoms with Gasteiger partial charge in [0, 0.05) is 13.6 Å². The largest absolute Gasteiger partial charge is 0.465 e. The Morgan fingerprint density at radius 2 is 2.00 bits per heavy atom. The van der Waals surface area contributed by atoms with Gasteiger partial charge in [0.2, 0.25) is 0 Å². The summed E-state index contributed by atoms with van der Waals surface area (Å²) in [5.74, 6) is -0.537. The molecule has 0 saturated heterocycles. The number of nitrogens with one attached hydrogen (secondary N) is 1. The molecular formula is C8H18N2O4S. The number of hydrogen-bond acceptors (Lipinski definition) is 4. The van der Waals surface area contributed by atoms with Crippen LogP contribution in [0.5, 0.6) is 0 Å². The van der Waals surface area contributed by atoms with Crippen molar-refractivity contribution in [2.75, 3.05) is 26.7 Å². The summed E-state index contributed by atoms with van der Waals surface area (Å²) in [6, 6.07) is 0. The molecule has 0 aromatic carbocycles. The Balaban J connectivity index is 4.48. The molecule has 0 radical (unpaired) electrons. The Hall–Kier alpha value is -0.660. The van der Waals surface area contributed by atoms with Crippen LogP contribution in [0, 0.1) is 0 Å². The van der Waals surface area contributed by atoms with Gasteiger partial charge in [0.05, 0.1) is 6.61 Å². The monoisotopic (exact) mass is 238 g/mol. The summed E-state index contributed by atoms with van der Waals surface area (Å²) in [7, 11) is -2.24. The summed E-state index contributed by atoms with van der Waals surface area (Å²) in [5, 5.41) is 0. The third-order valence-corrected chi connectivity index (χ3v) is 3.19. The zero-order valence-corrected chi connectivity index (χ0v) is 10.1. The molecule has 15 heavy (non-hydrogen) atoms. The van der Waals surface area contributed by atoms with Crippen molar-refractivity contribution in [3.05, 3.63) is 0 Å². The van der Waals surface area contributed by atoms with Gasteiger partial charge in [0.15, 0.2) is 0 Å². The summed E-state index contributed by atoms with van der Waals surface area (Å²) in [6.07, 6.45) is 0.639. The maximum Gasteiger partial charge on any atom is 0.321 e. The number of carbonyl (C=O) groups excluding carboxylic acids is 1. The van der Waals surface area contributed by atoms with Crippen molar-refractivity contribution < 1.29 is 17.9 Å². The lowest BCUT2D eigenvalue weighted by molar-refractivity contribution is -0.143. The van der Waals surface area contributed by atoms with E-state index in [1.807, 2.05) is 6.92 Å². The zero-order chi connectivity index (χ0) is 11.9. The van der Waals surface area contributed by atoms with Gasteiger partial charge in [0.25, 0.3) is 10.2 Å². The molecule has 0 amide bonds. The lowest BCUT2D eigenvalue weighted by Crippen LogP contribution is -2.42. The van der Waals surface area contributed by atoms with Gasteiger partial charge in [-0.25, -0.2) is 4.72 Å². The Bertz CT molecular complexity index is 289. The molecule has 0 rings (SSSR count). The van der Waals surface area contributed by atoms with Gasteiger partial charge in [-0.15, -0.1) is 0 Å². The fourth-order valence-electron chi connectivity index (χ4n) is 1.01. The average molecular weight is 238 g/mol. The van der Waals surface area contributed by atoms with Crippen molar-refractivity contribution in [2.24, 2.45) is 0 Å². The first-order valence-corrected chi connectivity index (χ1v) is 6.26. The number of esters is 1. The predicted molar refractivity (Wildman–Crippen MR) is 56.5 cm³/mol. The molecule has 0 aliphatic heterocycles. The molecule has 0 aliphatic rings. The fraction of sp³-hybridized carbons (Fsp3) is 0.875. The van der Waals surface area contributed by atoms with E-state index < -0.39 is 16.2 Å². The van der Waals surface area contributed by atoms with Crippen LogP contribution in [0.25, 0.3) is 0 Å². The first-order valence-electron chi connectivity index (χ1n) is 4.82. The number of rotatable bonds is 7. The second-order valence-corrected chi connectivity index (χ2v) is 4.72. The Kier molecular flexibility index (Phi) is 6.46. The van der Waals surface area contributed by atoms with Crippen LogP contribution >= 0.6 is 0 Å². The molecule has 90 valence electrons. The van der Waals surface area contributed by atoms with Crippen LogP contribution < -0.4 is 4.72 Å². The van der Waals surface area contributed by atoms with E-state index >= 15 is 0 Å². The smallest absolute Gasteiger partial charge is 0.321 e. The van der Waals surface area contributed by atoms with Crippen LogP contribution in [-0.4, -0.2) is 45.4 Å². The van der Waals surface area contributed by atoms with E-state index in [9.17, 15) is 13.2 Å². The second-order valence-electron chi connectivity index (χ2n) is 2.85. The Morgan fingerprint density at radius 3 is 2.40 bits per heavy atom. The molecule has 0 aromatic heterocycles. The van der Waals surface area contributed by atoms with Crippen LogP contribution in [0.3, 0.4) is 0 Å². The quantitative estimate of drug-likeness (QED) is 0.619. The average Bonchev–Trinajstić information content (AvgIpc) is 2.17. The minimum Gasteiger partial charge on any atom is -0.465 e. The number of nitrogens with zero attached hydrogens (tertiary/aromatic N) is 1. The molecule has 0 atom stereocenters. The van der Waals surface area contributed by atoms with Crippen molar-refractivity contribution in [1.29, 1.82) is 0 Å². The zero-order valence-electron chi connectivity index (χ0n) is 9.32. The molecule has 7 heteroatoms. The highest BCUT2D eigenvalue weighted by atomic mass is 32.2. The van der Waals surface area contributed by atoms with E-state index in [-0.39, 0.29) is 13.2 Å². The van der Waals surface area contributed by atoms with Crippen LogP contribution in [0.1, 0.15) is 20.3 Å². The minimum atomic E-state index is -3.55. The number of hydrogen-bond donors (Lipinski definition) is 1. The fourth-order valence-corrected chi connectivity index (χ4v) is 1.97. The van der Waals surface area contributed by atoms with E-state index in [1.165, 1.54) is 7.05 Å².